The summed E-state index contributed by atoms with van der Waals surface area (Å²) < 4.78 is 0. The maximum Gasteiger partial charge on any atom is 0.220 e. The van der Waals surface area contributed by atoms with Gasteiger partial charge in [-0.15, -0.1) is 24.0 Å². The molecular formula is C20H33IN4O. The van der Waals surface area contributed by atoms with E-state index < -0.39 is 0 Å². The summed E-state index contributed by atoms with van der Waals surface area (Å²) in [5.74, 6) is 1.55. The molecule has 0 saturated heterocycles. The van der Waals surface area contributed by atoms with Gasteiger partial charge in [0.05, 0.1) is 6.54 Å². The van der Waals surface area contributed by atoms with Crippen LogP contribution in [0.2, 0.25) is 0 Å². The van der Waals surface area contributed by atoms with Gasteiger partial charge in [-0.3, -0.25) is 9.79 Å². The molecule has 1 saturated carbocycles. The van der Waals surface area contributed by atoms with Crippen LogP contribution in [0.3, 0.4) is 0 Å². The van der Waals surface area contributed by atoms with Crippen LogP contribution < -0.4 is 16.4 Å². The number of hydrogen-bond acceptors (Lipinski definition) is 2. The Bertz CT molecular complexity index is 583. The monoisotopic (exact) mass is 472 g/mol. The lowest BCUT2D eigenvalue weighted by molar-refractivity contribution is -0.122. The molecule has 0 aromatic heterocycles. The number of hydrogen-bond donors (Lipinski definition) is 3. The lowest BCUT2D eigenvalue weighted by atomic mass is 9.87. The maximum absolute atomic E-state index is 11.9. The van der Waals surface area contributed by atoms with Crippen molar-refractivity contribution in [2.45, 2.75) is 58.3 Å². The fourth-order valence-electron chi connectivity index (χ4n) is 3.26. The minimum absolute atomic E-state index is 0. The summed E-state index contributed by atoms with van der Waals surface area (Å²) in [6, 6.07) is 8.17. The number of anilines is 1. The van der Waals surface area contributed by atoms with Crippen LogP contribution in [0.25, 0.3) is 0 Å². The van der Waals surface area contributed by atoms with Gasteiger partial charge in [0.15, 0.2) is 5.96 Å². The molecule has 0 unspecified atom stereocenters. The van der Waals surface area contributed by atoms with Crippen LogP contribution in [0.15, 0.2) is 29.3 Å². The second-order valence-corrected chi connectivity index (χ2v) is 7.23. The molecule has 146 valence electrons. The molecule has 5 nitrogen and oxygen atoms in total. The van der Waals surface area contributed by atoms with Crippen molar-refractivity contribution in [3.63, 3.8) is 0 Å². The maximum atomic E-state index is 11.9. The number of benzene rings is 1. The molecule has 1 aromatic carbocycles. The van der Waals surface area contributed by atoms with Gasteiger partial charge < -0.3 is 16.4 Å². The third-order valence-corrected chi connectivity index (χ3v) is 4.74. The molecule has 26 heavy (non-hydrogen) atoms. The largest absolute Gasteiger partial charge is 0.370 e. The van der Waals surface area contributed by atoms with E-state index in [1.807, 2.05) is 12.1 Å². The molecule has 1 amide bonds. The van der Waals surface area contributed by atoms with Crippen molar-refractivity contribution in [3.05, 3.63) is 29.8 Å². The van der Waals surface area contributed by atoms with Crippen LogP contribution >= 0.6 is 24.0 Å². The molecule has 0 atom stereocenters. The first-order valence-electron chi connectivity index (χ1n) is 9.48. The van der Waals surface area contributed by atoms with Crippen LogP contribution in [-0.4, -0.2) is 25.0 Å². The lowest BCUT2D eigenvalue weighted by Gasteiger charge is -2.20. The number of amides is 1. The van der Waals surface area contributed by atoms with Crippen LogP contribution in [0, 0.1) is 5.92 Å². The van der Waals surface area contributed by atoms with Crippen molar-refractivity contribution in [1.82, 2.24) is 5.32 Å². The molecule has 0 heterocycles. The molecular weight excluding hydrogens is 439 g/mol. The Balaban J connectivity index is 0.00000338. The third-order valence-electron chi connectivity index (χ3n) is 4.74. The number of nitrogens with zero attached hydrogens (tertiary/aromatic N) is 1. The van der Waals surface area contributed by atoms with Crippen molar-refractivity contribution < 1.29 is 4.79 Å². The predicted octanol–water partition coefficient (Wildman–Crippen LogP) is 4.24. The first-order chi connectivity index (χ1) is 12.0. The zero-order chi connectivity index (χ0) is 18.1. The van der Waals surface area contributed by atoms with Gasteiger partial charge in [-0.1, -0.05) is 45.2 Å². The van der Waals surface area contributed by atoms with Crippen LogP contribution in [-0.2, 0) is 4.79 Å². The van der Waals surface area contributed by atoms with Gasteiger partial charge in [0, 0.05) is 18.7 Å². The van der Waals surface area contributed by atoms with E-state index in [1.54, 1.807) is 0 Å². The van der Waals surface area contributed by atoms with Crippen molar-refractivity contribution in [3.8, 4) is 0 Å². The quantitative estimate of drug-likeness (QED) is 0.240. The van der Waals surface area contributed by atoms with Gasteiger partial charge >= 0.3 is 0 Å². The fourth-order valence-corrected chi connectivity index (χ4v) is 3.26. The molecule has 1 aliphatic rings. The lowest BCUT2D eigenvalue weighted by Crippen LogP contribution is -2.30. The zero-order valence-corrected chi connectivity index (χ0v) is 18.3. The number of nitrogens with two attached hydrogens (primary N) is 1. The fraction of sp³-hybridized carbons (Fsp3) is 0.600. The number of guanidine groups is 1. The van der Waals surface area contributed by atoms with Crippen LogP contribution in [0.4, 0.5) is 5.69 Å². The van der Waals surface area contributed by atoms with Crippen LogP contribution in [0.5, 0.6) is 0 Å². The van der Waals surface area contributed by atoms with E-state index in [1.165, 1.54) is 37.7 Å². The number of nitrogens with one attached hydrogen (secondary N) is 2. The Kier molecular flexibility index (Phi) is 10.6. The SMILES string of the molecule is CC(C)c1cccc(NC(N)=NCCNC(=O)CC2CCCCC2)c1.I. The molecule has 0 aliphatic heterocycles. The molecule has 2 rings (SSSR count). The topological polar surface area (TPSA) is 79.5 Å². The van der Waals surface area contributed by atoms with E-state index in [2.05, 4.69) is 41.6 Å². The third kappa shape index (κ3) is 8.38. The highest BCUT2D eigenvalue weighted by atomic mass is 127. The van der Waals surface area contributed by atoms with Crippen molar-refractivity contribution in [2.75, 3.05) is 18.4 Å². The average molecular weight is 472 g/mol. The Morgan fingerprint density at radius 2 is 2.00 bits per heavy atom. The summed E-state index contributed by atoms with van der Waals surface area (Å²) in [5, 5.41) is 6.05. The Labute approximate surface area is 174 Å². The molecule has 0 spiro atoms. The van der Waals surface area contributed by atoms with E-state index in [4.69, 9.17) is 5.73 Å². The molecule has 0 bridgehead atoms. The van der Waals surface area contributed by atoms with Crippen molar-refractivity contribution in [2.24, 2.45) is 16.6 Å². The second-order valence-electron chi connectivity index (χ2n) is 7.23. The molecule has 1 aromatic rings. The normalized spacial score (nSPS) is 15.4. The first kappa shape index (κ1) is 22.7. The highest BCUT2D eigenvalue weighted by molar-refractivity contribution is 14.0. The first-order valence-corrected chi connectivity index (χ1v) is 9.48. The minimum atomic E-state index is 0. The Morgan fingerprint density at radius 1 is 1.27 bits per heavy atom. The molecule has 1 fully saturated rings. The highest BCUT2D eigenvalue weighted by Crippen LogP contribution is 2.26. The summed E-state index contributed by atoms with van der Waals surface area (Å²) in [6.07, 6.45) is 6.89. The zero-order valence-electron chi connectivity index (χ0n) is 16.0. The summed E-state index contributed by atoms with van der Waals surface area (Å²) in [6.45, 7) is 5.33. The summed E-state index contributed by atoms with van der Waals surface area (Å²) in [4.78, 5) is 16.2. The van der Waals surface area contributed by atoms with Gasteiger partial charge in [-0.05, 0) is 42.4 Å². The smallest absolute Gasteiger partial charge is 0.220 e. The Hall–Kier alpha value is -1.31. The summed E-state index contributed by atoms with van der Waals surface area (Å²) in [5.41, 5.74) is 8.12. The minimum Gasteiger partial charge on any atom is -0.370 e. The van der Waals surface area contributed by atoms with Gasteiger partial charge in [0.1, 0.15) is 0 Å². The average Bonchev–Trinajstić information content (AvgIpc) is 2.60. The summed E-state index contributed by atoms with van der Waals surface area (Å²) in [7, 11) is 0. The van der Waals surface area contributed by atoms with E-state index in [0.29, 0.717) is 37.3 Å². The van der Waals surface area contributed by atoms with Crippen LogP contribution in [0.1, 0.15) is 63.9 Å². The molecule has 1 aliphatic carbocycles. The number of carbonyl (C=O) groups excluding carboxylic acids is 1. The number of aliphatic imine (C=N–C) groups is 1. The standard InChI is InChI=1S/C20H32N4O.HI/c1-15(2)17-9-6-10-18(14-17)24-20(21)23-12-11-22-19(25)13-16-7-4-3-5-8-16;/h6,9-10,14-16H,3-5,7-8,11-13H2,1-2H3,(H,22,25)(H3,21,23,24);1H. The number of rotatable bonds is 7. The van der Waals surface area contributed by atoms with E-state index in [-0.39, 0.29) is 29.9 Å². The number of carbonyl (C=O) groups is 1. The summed E-state index contributed by atoms with van der Waals surface area (Å²) >= 11 is 0. The van der Waals surface area contributed by atoms with E-state index in [0.717, 1.165) is 5.69 Å². The van der Waals surface area contributed by atoms with Gasteiger partial charge in [-0.25, -0.2) is 0 Å². The highest BCUT2D eigenvalue weighted by Gasteiger charge is 2.16. The predicted molar refractivity (Wildman–Crippen MR) is 120 cm³/mol. The van der Waals surface area contributed by atoms with Crippen molar-refractivity contribution in [1.29, 1.82) is 0 Å². The van der Waals surface area contributed by atoms with Gasteiger partial charge in [0.2, 0.25) is 5.91 Å². The van der Waals surface area contributed by atoms with E-state index in [9.17, 15) is 4.79 Å². The van der Waals surface area contributed by atoms with Crippen molar-refractivity contribution >= 4 is 41.5 Å². The molecule has 4 N–H and O–H groups in total. The number of halogens is 1. The molecule has 0 radical (unpaired) electrons. The second kappa shape index (κ2) is 12.1. The van der Waals surface area contributed by atoms with Gasteiger partial charge in [0.25, 0.3) is 0 Å². The Morgan fingerprint density at radius 3 is 2.69 bits per heavy atom. The molecule has 6 heteroatoms. The van der Waals surface area contributed by atoms with Gasteiger partial charge in [-0.2, -0.15) is 0 Å². The van der Waals surface area contributed by atoms with E-state index >= 15 is 0 Å².